The predicted molar refractivity (Wildman–Crippen MR) is 132 cm³/mol. The summed E-state index contributed by atoms with van der Waals surface area (Å²) in [4.78, 5) is 15.0. The molecule has 2 fully saturated rings. The number of ether oxygens (including phenoxy) is 2. The minimum Gasteiger partial charge on any atom is -0.508 e. The van der Waals surface area contributed by atoms with E-state index in [-0.39, 0.29) is 34.7 Å². The number of carbonyl (C=O) groups excluding carboxylic acids is 1. The minimum absolute atomic E-state index is 0.0975. The van der Waals surface area contributed by atoms with Gasteiger partial charge in [-0.3, -0.25) is 4.79 Å². The Morgan fingerprint density at radius 2 is 1.44 bits per heavy atom. The van der Waals surface area contributed by atoms with Crippen molar-refractivity contribution in [2.75, 3.05) is 18.1 Å². The van der Waals surface area contributed by atoms with Crippen LogP contribution in [0.4, 0.5) is 14.5 Å². The van der Waals surface area contributed by atoms with E-state index in [1.165, 1.54) is 24.3 Å². The molecule has 0 bridgehead atoms. The number of anilines is 1. The van der Waals surface area contributed by atoms with E-state index >= 15 is 0 Å². The van der Waals surface area contributed by atoms with Gasteiger partial charge in [0.05, 0.1) is 25.2 Å². The summed E-state index contributed by atoms with van der Waals surface area (Å²) in [6, 6.07) is 18.4. The number of halogens is 2. The Labute approximate surface area is 209 Å². The molecule has 2 atom stereocenters. The molecule has 0 unspecified atom stereocenters. The summed E-state index contributed by atoms with van der Waals surface area (Å²) >= 11 is 0. The molecule has 2 heterocycles. The second-order valence-electron chi connectivity index (χ2n) is 10.4. The minimum atomic E-state index is -1.07. The number of phenols is 1. The van der Waals surface area contributed by atoms with Crippen molar-refractivity contribution in [2.45, 2.75) is 44.4 Å². The molecule has 3 aromatic carbocycles. The number of phenolic OH excluding ortho intramolecular Hbond substituents is 1. The average molecular weight is 494 g/mol. The monoisotopic (exact) mass is 493 g/mol. The van der Waals surface area contributed by atoms with Gasteiger partial charge in [-0.2, -0.15) is 0 Å². The van der Waals surface area contributed by atoms with Crippen LogP contribution in [0.5, 0.6) is 5.75 Å². The Morgan fingerprint density at radius 1 is 0.889 bits per heavy atom. The summed E-state index contributed by atoms with van der Waals surface area (Å²) < 4.78 is 39.9. The van der Waals surface area contributed by atoms with E-state index < -0.39 is 11.7 Å². The fourth-order valence-corrected chi connectivity index (χ4v) is 5.01. The van der Waals surface area contributed by atoms with Gasteiger partial charge in [0.2, 0.25) is 5.91 Å². The molecule has 1 N–H and O–H groups in total. The van der Waals surface area contributed by atoms with E-state index in [2.05, 4.69) is 13.8 Å². The maximum absolute atomic E-state index is 13.7. The highest BCUT2D eigenvalue weighted by Gasteiger charge is 2.51. The molecular formula is C29H29F2NO4. The summed E-state index contributed by atoms with van der Waals surface area (Å²) in [5, 5.41) is 9.72. The molecule has 2 aliphatic heterocycles. The van der Waals surface area contributed by atoms with Gasteiger partial charge >= 0.3 is 0 Å². The van der Waals surface area contributed by atoms with Crippen molar-refractivity contribution in [3.63, 3.8) is 0 Å². The normalized spacial score (nSPS) is 22.8. The Morgan fingerprint density at radius 3 is 2.03 bits per heavy atom. The Hall–Kier alpha value is -3.29. The first kappa shape index (κ1) is 24.4. The summed E-state index contributed by atoms with van der Waals surface area (Å²) in [5.41, 5.74) is 1.97. The van der Waals surface area contributed by atoms with Crippen molar-refractivity contribution in [3.8, 4) is 5.75 Å². The van der Waals surface area contributed by atoms with Crippen molar-refractivity contribution < 1.29 is 28.2 Å². The molecule has 188 valence electrons. The third-order valence-electron chi connectivity index (χ3n) is 7.02. The molecular weight excluding hydrogens is 464 g/mol. The Bertz CT molecular complexity index is 1160. The number of β-lactam (4-membered cyclic amide) rings is 1. The Balaban J connectivity index is 1.46. The predicted octanol–water partition coefficient (Wildman–Crippen LogP) is 5.88. The zero-order valence-electron chi connectivity index (χ0n) is 20.3. The average Bonchev–Trinajstić information content (AvgIpc) is 2.86. The molecule has 1 amide bonds. The van der Waals surface area contributed by atoms with E-state index in [4.69, 9.17) is 9.47 Å². The van der Waals surface area contributed by atoms with Crippen molar-refractivity contribution in [1.29, 1.82) is 0 Å². The number of nitrogens with zero attached hydrogens (tertiary/aromatic N) is 1. The molecule has 0 aliphatic carbocycles. The first-order valence-corrected chi connectivity index (χ1v) is 12.1. The number of amides is 1. The van der Waals surface area contributed by atoms with Gasteiger partial charge in [-0.25, -0.2) is 8.78 Å². The van der Waals surface area contributed by atoms with Gasteiger partial charge in [0.15, 0.2) is 5.79 Å². The quantitative estimate of drug-likeness (QED) is 0.436. The van der Waals surface area contributed by atoms with Crippen LogP contribution in [0, 0.1) is 17.0 Å². The highest BCUT2D eigenvalue weighted by Crippen LogP contribution is 2.46. The molecule has 0 spiro atoms. The van der Waals surface area contributed by atoms with Crippen molar-refractivity contribution in [1.82, 2.24) is 0 Å². The van der Waals surface area contributed by atoms with Gasteiger partial charge in [0, 0.05) is 23.1 Å². The molecule has 3 aromatic rings. The Kier molecular flexibility index (Phi) is 6.30. The van der Waals surface area contributed by atoms with Crippen molar-refractivity contribution >= 4 is 11.6 Å². The maximum Gasteiger partial charge on any atom is 0.236 e. The third kappa shape index (κ3) is 4.61. The topological polar surface area (TPSA) is 59.0 Å². The number of hydrogen-bond donors (Lipinski definition) is 1. The third-order valence-corrected chi connectivity index (χ3v) is 7.02. The van der Waals surface area contributed by atoms with E-state index in [0.717, 1.165) is 11.1 Å². The van der Waals surface area contributed by atoms with Crippen molar-refractivity contribution in [3.05, 3.63) is 95.6 Å². The van der Waals surface area contributed by atoms with Gasteiger partial charge in [-0.15, -0.1) is 0 Å². The van der Waals surface area contributed by atoms with Crippen LogP contribution in [0.1, 0.15) is 43.7 Å². The van der Waals surface area contributed by atoms with Gasteiger partial charge < -0.3 is 19.5 Å². The fourth-order valence-electron chi connectivity index (χ4n) is 5.01. The second-order valence-corrected chi connectivity index (χ2v) is 10.4. The SMILES string of the molecule is CC1(C)COC(CC[C@H]2[C@@H](c3ccc(O)cc3)C(=O)N2c2ccc(F)cc2)(c2ccc(F)cc2)OC1. The molecule has 5 rings (SSSR count). The fraction of sp³-hybridized carbons (Fsp3) is 0.345. The molecule has 36 heavy (non-hydrogen) atoms. The molecule has 7 heteroatoms. The van der Waals surface area contributed by atoms with E-state index in [0.29, 0.717) is 31.7 Å². The van der Waals surface area contributed by atoms with E-state index in [1.807, 2.05) is 0 Å². The van der Waals surface area contributed by atoms with Crippen molar-refractivity contribution in [2.24, 2.45) is 5.41 Å². The van der Waals surface area contributed by atoms with Gasteiger partial charge in [0.1, 0.15) is 17.4 Å². The van der Waals surface area contributed by atoms with Crippen LogP contribution in [0.25, 0.3) is 0 Å². The van der Waals surface area contributed by atoms with Crippen LogP contribution in [-0.2, 0) is 20.1 Å². The van der Waals surface area contributed by atoms with Gasteiger partial charge in [0.25, 0.3) is 0 Å². The van der Waals surface area contributed by atoms with Gasteiger partial charge in [-0.05, 0) is 60.5 Å². The highest BCUT2D eigenvalue weighted by molar-refractivity contribution is 6.06. The number of hydrogen-bond acceptors (Lipinski definition) is 4. The molecule has 0 aromatic heterocycles. The standard InChI is InChI=1S/C29H29F2NO4/c1-28(2)17-35-29(36-18-28,20-5-7-21(30)8-6-20)16-15-25-26(19-3-13-24(33)14-4-19)27(34)32(25)23-11-9-22(31)10-12-23/h3-14,25-26,33H,15-18H2,1-2H3/t25-,26+/m0/s1. The van der Waals surface area contributed by atoms with Crippen LogP contribution in [0.3, 0.4) is 0 Å². The molecule has 2 aliphatic rings. The summed E-state index contributed by atoms with van der Waals surface area (Å²) in [6.45, 7) is 5.06. The summed E-state index contributed by atoms with van der Waals surface area (Å²) in [5.74, 6) is -2.19. The van der Waals surface area contributed by atoms with Crippen LogP contribution >= 0.6 is 0 Å². The molecule has 0 saturated carbocycles. The zero-order valence-corrected chi connectivity index (χ0v) is 20.3. The molecule has 2 saturated heterocycles. The maximum atomic E-state index is 13.7. The lowest BCUT2D eigenvalue weighted by Gasteiger charge is -2.50. The second kappa shape index (κ2) is 9.30. The summed E-state index contributed by atoms with van der Waals surface area (Å²) in [7, 11) is 0. The first-order valence-electron chi connectivity index (χ1n) is 12.1. The number of carbonyl (C=O) groups is 1. The molecule has 5 nitrogen and oxygen atoms in total. The van der Waals surface area contributed by atoms with E-state index in [1.54, 1.807) is 53.4 Å². The lowest BCUT2D eigenvalue weighted by molar-refractivity contribution is -0.312. The van der Waals surface area contributed by atoms with Crippen LogP contribution in [-0.4, -0.2) is 30.3 Å². The van der Waals surface area contributed by atoms with Crippen LogP contribution in [0.15, 0.2) is 72.8 Å². The molecule has 0 radical (unpaired) electrons. The van der Waals surface area contributed by atoms with Gasteiger partial charge in [-0.1, -0.05) is 38.1 Å². The van der Waals surface area contributed by atoms with Crippen LogP contribution in [0.2, 0.25) is 0 Å². The number of rotatable bonds is 6. The lowest BCUT2D eigenvalue weighted by Crippen LogP contribution is -2.60. The van der Waals surface area contributed by atoms with Crippen LogP contribution < -0.4 is 4.90 Å². The highest BCUT2D eigenvalue weighted by atomic mass is 19.1. The number of benzene rings is 3. The zero-order chi connectivity index (χ0) is 25.5. The number of aromatic hydroxyl groups is 1. The smallest absolute Gasteiger partial charge is 0.236 e. The lowest BCUT2D eigenvalue weighted by atomic mass is 9.77. The first-order chi connectivity index (χ1) is 17.2. The van der Waals surface area contributed by atoms with E-state index in [9.17, 15) is 18.7 Å². The largest absolute Gasteiger partial charge is 0.508 e. The summed E-state index contributed by atoms with van der Waals surface area (Å²) in [6.07, 6.45) is 0.950.